The van der Waals surface area contributed by atoms with E-state index in [0.29, 0.717) is 29.6 Å². The maximum absolute atomic E-state index is 14.1. The molecule has 0 spiro atoms. The van der Waals surface area contributed by atoms with Crippen molar-refractivity contribution in [2.75, 3.05) is 39.3 Å². The number of carbonyl (C=O) groups excluding carboxylic acids is 1. The Morgan fingerprint density at radius 2 is 1.70 bits per heavy atom. The van der Waals surface area contributed by atoms with Crippen molar-refractivity contribution in [3.8, 4) is 0 Å². The number of rotatable bonds is 9. The van der Waals surface area contributed by atoms with Gasteiger partial charge in [0.25, 0.3) is 0 Å². The highest BCUT2D eigenvalue weighted by molar-refractivity contribution is 6.31. The Balaban J connectivity index is 1.19. The first-order valence-electron chi connectivity index (χ1n) is 12.3. The number of hydrogen-bond donors (Lipinski definition) is 1. The predicted molar refractivity (Wildman–Crippen MR) is 132 cm³/mol. The van der Waals surface area contributed by atoms with Crippen LogP contribution in [-0.4, -0.2) is 55.0 Å². The van der Waals surface area contributed by atoms with E-state index in [1.807, 2.05) is 18.2 Å². The first-order valence-corrected chi connectivity index (χ1v) is 12.7. The van der Waals surface area contributed by atoms with Crippen LogP contribution < -0.4 is 5.32 Å². The monoisotopic (exact) mass is 471 g/mol. The van der Waals surface area contributed by atoms with E-state index in [1.165, 1.54) is 18.9 Å². The van der Waals surface area contributed by atoms with Gasteiger partial charge >= 0.3 is 0 Å². The second-order valence-electron chi connectivity index (χ2n) is 9.40. The van der Waals surface area contributed by atoms with Crippen molar-refractivity contribution in [1.82, 2.24) is 15.1 Å². The van der Waals surface area contributed by atoms with E-state index in [2.05, 4.69) is 27.2 Å². The molecular formula is C27H35ClFN3O. The second kappa shape index (κ2) is 12.0. The van der Waals surface area contributed by atoms with Gasteiger partial charge in [-0.05, 0) is 49.4 Å². The molecule has 1 atom stereocenters. The van der Waals surface area contributed by atoms with E-state index in [1.54, 1.807) is 12.1 Å². The van der Waals surface area contributed by atoms with Crippen LogP contribution in [0.4, 0.5) is 4.39 Å². The fourth-order valence-electron chi connectivity index (χ4n) is 5.29. The van der Waals surface area contributed by atoms with E-state index in [9.17, 15) is 9.18 Å². The molecule has 1 saturated heterocycles. The molecule has 0 radical (unpaired) electrons. The van der Waals surface area contributed by atoms with Crippen LogP contribution >= 0.6 is 11.6 Å². The lowest BCUT2D eigenvalue weighted by molar-refractivity contribution is -0.123. The zero-order chi connectivity index (χ0) is 23.0. The van der Waals surface area contributed by atoms with Crippen molar-refractivity contribution in [2.45, 2.75) is 44.6 Å². The molecule has 178 valence electrons. The summed E-state index contributed by atoms with van der Waals surface area (Å²) in [5.41, 5.74) is 1.73. The van der Waals surface area contributed by atoms with E-state index in [-0.39, 0.29) is 17.6 Å². The maximum atomic E-state index is 14.1. The molecule has 4 nitrogen and oxygen atoms in total. The van der Waals surface area contributed by atoms with E-state index >= 15 is 0 Å². The molecule has 33 heavy (non-hydrogen) atoms. The molecule has 1 aliphatic heterocycles. The smallest absolute Gasteiger partial charge is 0.227 e. The molecule has 0 bridgehead atoms. The van der Waals surface area contributed by atoms with Gasteiger partial charge in [0.1, 0.15) is 5.82 Å². The predicted octanol–water partition coefficient (Wildman–Crippen LogP) is 5.08. The van der Waals surface area contributed by atoms with Gasteiger partial charge in [-0.15, -0.1) is 0 Å². The summed E-state index contributed by atoms with van der Waals surface area (Å²) in [5.74, 6) is 0.387. The normalized spacial score (nSPS) is 19.0. The van der Waals surface area contributed by atoms with Crippen molar-refractivity contribution in [3.63, 3.8) is 0 Å². The topological polar surface area (TPSA) is 35.6 Å². The molecule has 2 aromatic carbocycles. The van der Waals surface area contributed by atoms with Gasteiger partial charge in [0.15, 0.2) is 0 Å². The molecular weight excluding hydrogens is 437 g/mol. The van der Waals surface area contributed by atoms with Crippen LogP contribution in [0.5, 0.6) is 0 Å². The Labute approximate surface area is 202 Å². The van der Waals surface area contributed by atoms with E-state index in [0.717, 1.165) is 57.5 Å². The first-order chi connectivity index (χ1) is 16.1. The average Bonchev–Trinajstić information content (AvgIpc) is 3.35. The molecule has 4 rings (SSSR count). The SMILES string of the molecule is O=C(NCCCN1CCN(Cc2c(F)cccc2Cl)CC1)C(c1ccccc1)C1CCCC1. The number of amides is 1. The van der Waals surface area contributed by atoms with Gasteiger partial charge in [0.05, 0.1) is 5.92 Å². The number of halogens is 2. The number of nitrogens with zero attached hydrogens (tertiary/aromatic N) is 2. The fourth-order valence-corrected chi connectivity index (χ4v) is 5.51. The minimum absolute atomic E-state index is 0.0255. The molecule has 0 aromatic heterocycles. The Morgan fingerprint density at radius 3 is 2.39 bits per heavy atom. The molecule has 6 heteroatoms. The third kappa shape index (κ3) is 6.56. The lowest BCUT2D eigenvalue weighted by atomic mass is 9.84. The minimum atomic E-state index is -0.230. The van der Waals surface area contributed by atoms with Crippen molar-refractivity contribution >= 4 is 17.5 Å². The molecule has 2 fully saturated rings. The van der Waals surface area contributed by atoms with Gasteiger partial charge in [0.2, 0.25) is 5.91 Å². The number of hydrogen-bond acceptors (Lipinski definition) is 3. The summed E-state index contributed by atoms with van der Waals surface area (Å²) in [7, 11) is 0. The Hall–Kier alpha value is -1.95. The number of carbonyl (C=O) groups is 1. The van der Waals surface area contributed by atoms with Gasteiger partial charge in [-0.25, -0.2) is 4.39 Å². The van der Waals surface area contributed by atoms with Crippen LogP contribution in [0, 0.1) is 11.7 Å². The van der Waals surface area contributed by atoms with Crippen LogP contribution in [0.1, 0.15) is 49.1 Å². The maximum Gasteiger partial charge on any atom is 0.227 e. The van der Waals surface area contributed by atoms with Gasteiger partial charge in [-0.2, -0.15) is 0 Å². The molecule has 2 aromatic rings. The van der Waals surface area contributed by atoms with E-state index < -0.39 is 0 Å². The van der Waals surface area contributed by atoms with Crippen molar-refractivity contribution in [1.29, 1.82) is 0 Å². The molecule has 1 saturated carbocycles. The third-order valence-corrected chi connectivity index (χ3v) is 7.53. The van der Waals surface area contributed by atoms with Gasteiger partial charge in [-0.1, -0.05) is 60.8 Å². The van der Waals surface area contributed by atoms with Crippen molar-refractivity contribution in [3.05, 3.63) is 70.5 Å². The van der Waals surface area contributed by atoms with Crippen molar-refractivity contribution in [2.24, 2.45) is 5.92 Å². The Kier molecular flexibility index (Phi) is 8.76. The zero-order valence-electron chi connectivity index (χ0n) is 19.3. The minimum Gasteiger partial charge on any atom is -0.356 e. The summed E-state index contributed by atoms with van der Waals surface area (Å²) < 4.78 is 14.1. The summed E-state index contributed by atoms with van der Waals surface area (Å²) in [4.78, 5) is 17.8. The number of nitrogens with one attached hydrogen (secondary N) is 1. The molecule has 1 unspecified atom stereocenters. The van der Waals surface area contributed by atoms with Gasteiger partial charge in [-0.3, -0.25) is 9.69 Å². The molecule has 1 aliphatic carbocycles. The summed E-state index contributed by atoms with van der Waals surface area (Å²) in [6, 6.07) is 15.1. The Bertz CT molecular complexity index is 875. The largest absolute Gasteiger partial charge is 0.356 e. The van der Waals surface area contributed by atoms with Crippen LogP contribution in [0.25, 0.3) is 0 Å². The highest BCUT2D eigenvalue weighted by Gasteiger charge is 2.31. The van der Waals surface area contributed by atoms with Crippen LogP contribution in [0.2, 0.25) is 5.02 Å². The summed E-state index contributed by atoms with van der Waals surface area (Å²) in [5, 5.41) is 3.72. The third-order valence-electron chi connectivity index (χ3n) is 7.17. The van der Waals surface area contributed by atoms with Crippen molar-refractivity contribution < 1.29 is 9.18 Å². The molecule has 2 aliphatic rings. The van der Waals surface area contributed by atoms with E-state index in [4.69, 9.17) is 11.6 Å². The highest BCUT2D eigenvalue weighted by Crippen LogP contribution is 2.37. The average molecular weight is 472 g/mol. The van der Waals surface area contributed by atoms with Crippen LogP contribution in [0.3, 0.4) is 0 Å². The number of benzene rings is 2. The summed E-state index contributed by atoms with van der Waals surface area (Å²) in [6.45, 7) is 5.93. The van der Waals surface area contributed by atoms with Crippen LogP contribution in [-0.2, 0) is 11.3 Å². The molecule has 1 amide bonds. The lowest BCUT2D eigenvalue weighted by Gasteiger charge is -2.35. The van der Waals surface area contributed by atoms with Crippen LogP contribution in [0.15, 0.2) is 48.5 Å². The lowest BCUT2D eigenvalue weighted by Crippen LogP contribution is -2.46. The first kappa shape index (κ1) is 24.2. The molecule has 1 heterocycles. The quantitative estimate of drug-likeness (QED) is 0.518. The van der Waals surface area contributed by atoms with Gasteiger partial charge < -0.3 is 10.2 Å². The zero-order valence-corrected chi connectivity index (χ0v) is 20.1. The molecule has 1 N–H and O–H groups in total. The Morgan fingerprint density at radius 1 is 1.00 bits per heavy atom. The second-order valence-corrected chi connectivity index (χ2v) is 9.80. The summed E-state index contributed by atoms with van der Waals surface area (Å²) >= 11 is 6.18. The highest BCUT2D eigenvalue weighted by atomic mass is 35.5. The standard InChI is InChI=1S/C27H35ClFN3O/c28-24-12-6-13-25(29)23(24)20-32-18-16-31(17-19-32)15-7-14-30-27(33)26(22-10-4-5-11-22)21-8-2-1-3-9-21/h1-3,6,8-9,12-13,22,26H,4-5,7,10-11,14-20H2,(H,30,33). The van der Waals surface area contributed by atoms with Gasteiger partial charge in [0, 0.05) is 49.9 Å². The fraction of sp³-hybridized carbons (Fsp3) is 0.519. The number of piperazine rings is 1. The summed E-state index contributed by atoms with van der Waals surface area (Å²) in [6.07, 6.45) is 5.70.